The number of hydrogen-bond acceptors (Lipinski definition) is 3. The molecule has 2 N–H and O–H groups in total. The average molecular weight is 127 g/mol. The van der Waals surface area contributed by atoms with E-state index in [1.54, 1.807) is 0 Å². The van der Waals surface area contributed by atoms with E-state index in [0.717, 1.165) is 0 Å². The number of aliphatic hydroxyl groups is 1. The van der Waals surface area contributed by atoms with Crippen molar-refractivity contribution in [1.29, 1.82) is 5.41 Å². The normalized spacial score (nSPS) is 11.1. The summed E-state index contributed by atoms with van der Waals surface area (Å²) in [4.78, 5) is 10.4. The Balaban J connectivity index is 4.38. The van der Waals surface area contributed by atoms with Gasteiger partial charge in [0.25, 0.3) is 0 Å². The van der Waals surface area contributed by atoms with Crippen molar-refractivity contribution in [3.8, 4) is 0 Å². The molecule has 3 heteroatoms. The number of rotatable bonds is 2. The summed E-state index contributed by atoms with van der Waals surface area (Å²) in [7, 11) is 0. The number of carbonyl (C=O) groups is 1. The lowest BCUT2D eigenvalue weighted by molar-refractivity contribution is -0.113. The molecule has 0 aromatic heterocycles. The molecule has 0 rings (SSSR count). The van der Waals surface area contributed by atoms with Crippen molar-refractivity contribution in [3.63, 3.8) is 0 Å². The third kappa shape index (κ3) is 2.08. The molecule has 50 valence electrons. The number of nitrogens with one attached hydrogen (secondary N) is 1. The van der Waals surface area contributed by atoms with Gasteiger partial charge in [-0.05, 0) is 13.8 Å². The minimum absolute atomic E-state index is 0.0648. The predicted octanol–water partition coefficient (Wildman–Crippen LogP) is 1.06. The topological polar surface area (TPSA) is 61.1 Å². The largest absolute Gasteiger partial charge is 0.515 e. The van der Waals surface area contributed by atoms with E-state index >= 15 is 0 Å². The van der Waals surface area contributed by atoms with Gasteiger partial charge in [-0.25, -0.2) is 0 Å². The second-order valence-corrected chi connectivity index (χ2v) is 1.72. The maximum absolute atomic E-state index is 10.4. The fourth-order valence-electron chi connectivity index (χ4n) is 0.452. The van der Waals surface area contributed by atoms with Crippen molar-refractivity contribution >= 4 is 11.5 Å². The van der Waals surface area contributed by atoms with Gasteiger partial charge in [-0.15, -0.1) is 0 Å². The Morgan fingerprint density at radius 3 is 2.00 bits per heavy atom. The molecule has 0 spiro atoms. The van der Waals surface area contributed by atoms with Crippen molar-refractivity contribution < 1.29 is 9.90 Å². The van der Waals surface area contributed by atoms with Crippen LogP contribution in [0.5, 0.6) is 0 Å². The van der Waals surface area contributed by atoms with Crippen LogP contribution in [-0.4, -0.2) is 16.6 Å². The molecule has 0 unspecified atom stereocenters. The smallest absolute Gasteiger partial charge is 0.164 e. The van der Waals surface area contributed by atoms with Crippen LogP contribution in [0.15, 0.2) is 11.8 Å². The van der Waals surface area contributed by atoms with Gasteiger partial charge < -0.3 is 10.5 Å². The first-order chi connectivity index (χ1) is 4.09. The quantitative estimate of drug-likeness (QED) is 0.331. The van der Waals surface area contributed by atoms with Crippen LogP contribution in [0.1, 0.15) is 13.8 Å². The van der Waals surface area contributed by atoms with Crippen molar-refractivity contribution in [1.82, 2.24) is 0 Å². The molecular formula is C6H9NO2. The Kier molecular flexibility index (Phi) is 2.64. The van der Waals surface area contributed by atoms with Crippen LogP contribution in [0.2, 0.25) is 0 Å². The Bertz CT molecular complexity index is 154. The summed E-state index contributed by atoms with van der Waals surface area (Å²) >= 11 is 0. The minimum Gasteiger partial charge on any atom is -0.515 e. The second-order valence-electron chi connectivity index (χ2n) is 1.72. The van der Waals surface area contributed by atoms with Crippen molar-refractivity contribution in [2.45, 2.75) is 13.8 Å². The molecule has 0 aromatic carbocycles. The molecule has 3 nitrogen and oxygen atoms in total. The molecule has 0 aliphatic heterocycles. The molecule has 9 heavy (non-hydrogen) atoms. The Hall–Kier alpha value is -1.12. The third-order valence-electron chi connectivity index (χ3n) is 0.912. The standard InChI is InChI=1S/C6H9NO2/c1-4(7)6(3-8)5(2)9/h3,7-8H,1-2H3. The molecule has 0 radical (unpaired) electrons. The SMILES string of the molecule is CC(=N)C(=CO)C(C)=O. The van der Waals surface area contributed by atoms with Gasteiger partial charge in [0.05, 0.1) is 11.8 Å². The highest BCUT2D eigenvalue weighted by Gasteiger charge is 2.04. The number of allylic oxidation sites excluding steroid dienone is 1. The van der Waals surface area contributed by atoms with Gasteiger partial charge in [0.1, 0.15) is 0 Å². The summed E-state index contributed by atoms with van der Waals surface area (Å²) in [6.07, 6.45) is 0.657. The van der Waals surface area contributed by atoms with E-state index in [1.165, 1.54) is 13.8 Å². The van der Waals surface area contributed by atoms with Crippen LogP contribution < -0.4 is 0 Å². The molecule has 0 heterocycles. The highest BCUT2D eigenvalue weighted by Crippen LogP contribution is 1.95. The lowest BCUT2D eigenvalue weighted by atomic mass is 10.1. The van der Waals surface area contributed by atoms with Crippen LogP contribution >= 0.6 is 0 Å². The molecule has 0 bridgehead atoms. The van der Waals surface area contributed by atoms with Gasteiger partial charge in [0.15, 0.2) is 5.78 Å². The van der Waals surface area contributed by atoms with Gasteiger partial charge in [-0.1, -0.05) is 0 Å². The Labute approximate surface area is 53.5 Å². The van der Waals surface area contributed by atoms with Crippen molar-refractivity contribution in [2.24, 2.45) is 0 Å². The van der Waals surface area contributed by atoms with Crippen LogP contribution in [0.25, 0.3) is 0 Å². The number of aliphatic hydroxyl groups excluding tert-OH is 1. The van der Waals surface area contributed by atoms with E-state index in [9.17, 15) is 4.79 Å². The van der Waals surface area contributed by atoms with Gasteiger partial charge in [-0.3, -0.25) is 4.79 Å². The maximum Gasteiger partial charge on any atom is 0.164 e. The van der Waals surface area contributed by atoms with E-state index in [-0.39, 0.29) is 17.1 Å². The van der Waals surface area contributed by atoms with E-state index in [1.807, 2.05) is 0 Å². The monoisotopic (exact) mass is 127 g/mol. The van der Waals surface area contributed by atoms with E-state index in [0.29, 0.717) is 6.26 Å². The lowest BCUT2D eigenvalue weighted by Crippen LogP contribution is -2.04. The number of carbonyl (C=O) groups excluding carboxylic acids is 1. The van der Waals surface area contributed by atoms with Crippen LogP contribution in [0.3, 0.4) is 0 Å². The number of Topliss-reactive ketones (excluding diaryl/α,β-unsaturated/α-hetero) is 1. The van der Waals surface area contributed by atoms with Crippen LogP contribution in [0, 0.1) is 5.41 Å². The maximum atomic E-state index is 10.4. The predicted molar refractivity (Wildman–Crippen MR) is 34.8 cm³/mol. The van der Waals surface area contributed by atoms with Crippen LogP contribution in [0.4, 0.5) is 0 Å². The Morgan fingerprint density at radius 2 is 2.00 bits per heavy atom. The van der Waals surface area contributed by atoms with E-state index in [4.69, 9.17) is 10.5 Å². The van der Waals surface area contributed by atoms with Crippen LogP contribution in [-0.2, 0) is 4.79 Å². The molecule has 0 aliphatic rings. The molecule has 0 saturated carbocycles. The highest BCUT2D eigenvalue weighted by atomic mass is 16.2. The zero-order chi connectivity index (χ0) is 7.44. The van der Waals surface area contributed by atoms with Gasteiger partial charge in [-0.2, -0.15) is 0 Å². The second kappa shape index (κ2) is 3.02. The number of hydrogen-bond donors (Lipinski definition) is 2. The Morgan fingerprint density at radius 1 is 1.56 bits per heavy atom. The molecule has 0 atom stereocenters. The highest BCUT2D eigenvalue weighted by molar-refractivity contribution is 6.19. The fourth-order valence-corrected chi connectivity index (χ4v) is 0.452. The molecule has 0 aromatic rings. The van der Waals surface area contributed by atoms with Crippen molar-refractivity contribution in [3.05, 3.63) is 11.8 Å². The molecule has 0 saturated heterocycles. The van der Waals surface area contributed by atoms with Gasteiger partial charge in [0.2, 0.25) is 0 Å². The summed E-state index contributed by atoms with van der Waals surface area (Å²) < 4.78 is 0. The fraction of sp³-hybridized carbons (Fsp3) is 0.333. The zero-order valence-corrected chi connectivity index (χ0v) is 5.43. The summed E-state index contributed by atoms with van der Waals surface area (Å²) in [5.74, 6) is -0.287. The first-order valence-electron chi connectivity index (χ1n) is 2.50. The van der Waals surface area contributed by atoms with Crippen molar-refractivity contribution in [2.75, 3.05) is 0 Å². The summed E-state index contributed by atoms with van der Waals surface area (Å²) in [5, 5.41) is 15.3. The first kappa shape index (κ1) is 7.88. The first-order valence-corrected chi connectivity index (χ1v) is 2.50. The molecule has 0 fully saturated rings. The third-order valence-corrected chi connectivity index (χ3v) is 0.912. The zero-order valence-electron chi connectivity index (χ0n) is 5.43. The molecular weight excluding hydrogens is 118 g/mol. The van der Waals surface area contributed by atoms with Gasteiger partial charge in [0, 0.05) is 5.71 Å². The molecule has 0 amide bonds. The average Bonchev–Trinajstić information content (AvgIpc) is 1.64. The van der Waals surface area contributed by atoms with E-state index in [2.05, 4.69) is 0 Å². The van der Waals surface area contributed by atoms with Gasteiger partial charge >= 0.3 is 0 Å². The summed E-state index contributed by atoms with van der Waals surface area (Å²) in [5.41, 5.74) is 0.153. The van der Waals surface area contributed by atoms with E-state index < -0.39 is 0 Å². The summed E-state index contributed by atoms with van der Waals surface area (Å²) in [6.45, 7) is 2.75. The number of ketones is 1. The lowest BCUT2D eigenvalue weighted by Gasteiger charge is -1.94. The summed E-state index contributed by atoms with van der Waals surface area (Å²) in [6, 6.07) is 0. The minimum atomic E-state index is -0.287. The molecule has 0 aliphatic carbocycles.